The van der Waals surface area contributed by atoms with Gasteiger partial charge in [-0.2, -0.15) is 0 Å². The summed E-state index contributed by atoms with van der Waals surface area (Å²) in [5.74, 6) is 0.441. The number of hydrogen-bond acceptors (Lipinski definition) is 4. The molecule has 1 atom stereocenters. The van der Waals surface area contributed by atoms with E-state index < -0.39 is 16.1 Å². The minimum absolute atomic E-state index is 0.336. The lowest BCUT2D eigenvalue weighted by Crippen LogP contribution is -2.48. The van der Waals surface area contributed by atoms with E-state index in [1.165, 1.54) is 4.31 Å². The van der Waals surface area contributed by atoms with E-state index in [4.69, 9.17) is 4.74 Å². The molecular formula is C21H28N2O4S. The van der Waals surface area contributed by atoms with E-state index in [-0.39, 0.29) is 5.91 Å². The highest BCUT2D eigenvalue weighted by atomic mass is 32.2. The quantitative estimate of drug-likeness (QED) is 0.734. The molecule has 152 valence electrons. The zero-order valence-electron chi connectivity index (χ0n) is 17.0. The maximum atomic E-state index is 12.6. The highest BCUT2D eigenvalue weighted by molar-refractivity contribution is 7.92. The smallest absolute Gasteiger partial charge is 0.243 e. The Hall–Kier alpha value is -2.54. The lowest BCUT2D eigenvalue weighted by Gasteiger charge is -2.28. The third-order valence-corrected chi connectivity index (χ3v) is 5.95. The molecular weight excluding hydrogens is 376 g/mol. The van der Waals surface area contributed by atoms with Gasteiger partial charge in [0.2, 0.25) is 15.9 Å². The van der Waals surface area contributed by atoms with Gasteiger partial charge in [0, 0.05) is 6.54 Å². The average molecular weight is 405 g/mol. The van der Waals surface area contributed by atoms with Gasteiger partial charge in [-0.25, -0.2) is 8.42 Å². The van der Waals surface area contributed by atoms with Crippen LogP contribution in [0.1, 0.15) is 23.6 Å². The van der Waals surface area contributed by atoms with Crippen LogP contribution in [-0.2, 0) is 21.2 Å². The van der Waals surface area contributed by atoms with Crippen LogP contribution < -0.4 is 14.4 Å². The number of carbonyl (C=O) groups excluding carboxylic acids is 1. The molecule has 28 heavy (non-hydrogen) atoms. The van der Waals surface area contributed by atoms with E-state index in [0.29, 0.717) is 18.7 Å². The lowest BCUT2D eigenvalue weighted by molar-refractivity contribution is -0.121. The van der Waals surface area contributed by atoms with Crippen molar-refractivity contribution in [2.75, 3.05) is 24.2 Å². The first kappa shape index (κ1) is 21.8. The summed E-state index contributed by atoms with van der Waals surface area (Å²) in [6.45, 7) is 5.89. The van der Waals surface area contributed by atoms with Crippen LogP contribution in [0.25, 0.3) is 0 Å². The number of nitrogens with zero attached hydrogens (tertiary/aromatic N) is 1. The molecule has 0 saturated carbocycles. The number of amides is 1. The van der Waals surface area contributed by atoms with E-state index >= 15 is 0 Å². The van der Waals surface area contributed by atoms with Crippen LogP contribution in [-0.4, -0.2) is 40.3 Å². The topological polar surface area (TPSA) is 75.7 Å². The van der Waals surface area contributed by atoms with Gasteiger partial charge in [-0.15, -0.1) is 0 Å². The van der Waals surface area contributed by atoms with Crippen molar-refractivity contribution in [2.45, 2.75) is 33.2 Å². The highest BCUT2D eigenvalue weighted by Crippen LogP contribution is 2.23. The van der Waals surface area contributed by atoms with Crippen molar-refractivity contribution in [1.29, 1.82) is 0 Å². The maximum Gasteiger partial charge on any atom is 0.243 e. The molecule has 0 heterocycles. The van der Waals surface area contributed by atoms with Crippen molar-refractivity contribution in [1.82, 2.24) is 5.32 Å². The summed E-state index contributed by atoms with van der Waals surface area (Å²) in [5.41, 5.74) is 3.58. The van der Waals surface area contributed by atoms with Gasteiger partial charge >= 0.3 is 0 Å². The largest absolute Gasteiger partial charge is 0.497 e. The van der Waals surface area contributed by atoms with Crippen LogP contribution in [0.15, 0.2) is 42.5 Å². The van der Waals surface area contributed by atoms with Crippen LogP contribution in [0, 0.1) is 13.8 Å². The molecule has 0 unspecified atom stereocenters. The van der Waals surface area contributed by atoms with Crippen molar-refractivity contribution >= 4 is 21.6 Å². The SMILES string of the molecule is COc1ccc(CCNC(=O)[C@@H](C)N(c2ccc(C)c(C)c2)S(C)(=O)=O)cc1. The summed E-state index contributed by atoms with van der Waals surface area (Å²) in [4.78, 5) is 12.6. The van der Waals surface area contributed by atoms with E-state index in [9.17, 15) is 13.2 Å². The predicted molar refractivity (Wildman–Crippen MR) is 112 cm³/mol. The van der Waals surface area contributed by atoms with Gasteiger partial charge < -0.3 is 10.1 Å². The minimum Gasteiger partial charge on any atom is -0.497 e. The Morgan fingerprint density at radius 2 is 1.75 bits per heavy atom. The predicted octanol–water partition coefficient (Wildman–Crippen LogP) is 2.83. The van der Waals surface area contributed by atoms with Crippen LogP contribution in [0.5, 0.6) is 5.75 Å². The molecule has 7 heteroatoms. The Bertz CT molecular complexity index is 924. The Labute approximate surface area is 167 Å². The number of benzene rings is 2. The van der Waals surface area contributed by atoms with Crippen LogP contribution in [0.4, 0.5) is 5.69 Å². The van der Waals surface area contributed by atoms with Gasteiger partial charge in [-0.1, -0.05) is 18.2 Å². The molecule has 2 rings (SSSR count). The number of ether oxygens (including phenoxy) is 1. The molecule has 1 amide bonds. The second kappa shape index (κ2) is 9.10. The molecule has 2 aromatic carbocycles. The molecule has 0 saturated heterocycles. The molecule has 6 nitrogen and oxygen atoms in total. The summed E-state index contributed by atoms with van der Waals surface area (Å²) >= 11 is 0. The van der Waals surface area contributed by atoms with Gasteiger partial charge in [0.25, 0.3) is 0 Å². The first-order chi connectivity index (χ1) is 13.1. The van der Waals surface area contributed by atoms with Gasteiger partial charge in [-0.3, -0.25) is 9.10 Å². The molecule has 2 aromatic rings. The van der Waals surface area contributed by atoms with Crippen LogP contribution in [0.3, 0.4) is 0 Å². The third-order valence-electron chi connectivity index (χ3n) is 4.71. The fourth-order valence-corrected chi connectivity index (χ4v) is 4.11. The van der Waals surface area contributed by atoms with Gasteiger partial charge in [-0.05, 0) is 68.1 Å². The van der Waals surface area contributed by atoms with Crippen LogP contribution in [0.2, 0.25) is 0 Å². The summed E-state index contributed by atoms with van der Waals surface area (Å²) in [7, 11) is -2.01. The summed E-state index contributed by atoms with van der Waals surface area (Å²) in [6, 6.07) is 12.1. The Morgan fingerprint density at radius 3 is 2.29 bits per heavy atom. The first-order valence-electron chi connectivity index (χ1n) is 9.10. The van der Waals surface area contributed by atoms with E-state index in [1.807, 2.05) is 44.2 Å². The standard InChI is InChI=1S/C21H28N2O4S/c1-15-6-9-19(14-16(15)2)23(28(5,25)26)17(3)21(24)22-13-12-18-7-10-20(27-4)11-8-18/h6-11,14,17H,12-13H2,1-5H3,(H,22,24)/t17-/m1/s1. The Morgan fingerprint density at radius 1 is 1.11 bits per heavy atom. The third kappa shape index (κ3) is 5.48. The molecule has 1 N–H and O–H groups in total. The second-order valence-electron chi connectivity index (χ2n) is 6.89. The minimum atomic E-state index is -3.62. The Balaban J connectivity index is 2.07. The number of nitrogens with one attached hydrogen (secondary N) is 1. The Kier molecular flexibility index (Phi) is 7.07. The van der Waals surface area contributed by atoms with E-state index in [1.54, 1.807) is 26.2 Å². The fourth-order valence-electron chi connectivity index (χ4n) is 2.94. The number of hydrogen-bond donors (Lipinski definition) is 1. The van der Waals surface area contributed by atoms with Gasteiger partial charge in [0.05, 0.1) is 19.1 Å². The number of carbonyl (C=O) groups is 1. The number of aryl methyl sites for hydroxylation is 2. The molecule has 0 aromatic heterocycles. The van der Waals surface area contributed by atoms with Crippen molar-refractivity contribution < 1.29 is 17.9 Å². The van der Waals surface area contributed by atoms with Gasteiger partial charge in [0.15, 0.2) is 0 Å². The number of methoxy groups -OCH3 is 1. The molecule has 0 fully saturated rings. The van der Waals surface area contributed by atoms with E-state index in [2.05, 4.69) is 5.32 Å². The second-order valence-corrected chi connectivity index (χ2v) is 8.75. The van der Waals surface area contributed by atoms with Crippen LogP contribution >= 0.6 is 0 Å². The van der Waals surface area contributed by atoms with Gasteiger partial charge in [0.1, 0.15) is 11.8 Å². The summed E-state index contributed by atoms with van der Waals surface area (Å²) in [5, 5.41) is 2.83. The normalized spacial score (nSPS) is 12.3. The first-order valence-corrected chi connectivity index (χ1v) is 11.0. The highest BCUT2D eigenvalue weighted by Gasteiger charge is 2.29. The van der Waals surface area contributed by atoms with Crippen molar-refractivity contribution in [3.05, 3.63) is 59.2 Å². The fraction of sp³-hybridized carbons (Fsp3) is 0.381. The maximum absolute atomic E-state index is 12.6. The number of sulfonamides is 1. The van der Waals surface area contributed by atoms with E-state index in [0.717, 1.165) is 28.7 Å². The molecule has 0 aliphatic rings. The number of rotatable bonds is 8. The monoisotopic (exact) mass is 404 g/mol. The molecule has 0 spiro atoms. The average Bonchev–Trinajstić information content (AvgIpc) is 2.64. The zero-order chi connectivity index (χ0) is 20.9. The summed E-state index contributed by atoms with van der Waals surface area (Å²) < 4.78 is 31.0. The lowest BCUT2D eigenvalue weighted by atomic mass is 10.1. The van der Waals surface area contributed by atoms with Crippen molar-refractivity contribution in [2.24, 2.45) is 0 Å². The zero-order valence-corrected chi connectivity index (χ0v) is 17.8. The number of anilines is 1. The molecule has 0 aliphatic heterocycles. The van der Waals surface area contributed by atoms with Crippen molar-refractivity contribution in [3.8, 4) is 5.75 Å². The molecule has 0 bridgehead atoms. The molecule has 0 radical (unpaired) electrons. The molecule has 0 aliphatic carbocycles. The van der Waals surface area contributed by atoms with Crippen molar-refractivity contribution in [3.63, 3.8) is 0 Å². The summed E-state index contributed by atoms with van der Waals surface area (Å²) in [6.07, 6.45) is 1.76.